The molecule has 0 spiro atoms. The first-order valence-corrected chi connectivity index (χ1v) is 8.03. The molecule has 1 amide bonds. The molecule has 3 rings (SSSR count). The number of rotatable bonds is 4. The minimum absolute atomic E-state index is 0.0645. The van der Waals surface area contributed by atoms with E-state index in [-0.39, 0.29) is 5.91 Å². The maximum Gasteiger partial charge on any atom is 0.274 e. The molecule has 1 unspecified atom stereocenters. The second kappa shape index (κ2) is 6.58. The van der Waals surface area contributed by atoms with Crippen molar-refractivity contribution in [1.82, 2.24) is 19.4 Å². The van der Waals surface area contributed by atoms with E-state index in [1.165, 1.54) is 32.4 Å². The Kier molecular flexibility index (Phi) is 4.55. The number of aromatic nitrogens is 2. The lowest BCUT2D eigenvalue weighted by atomic mass is 10.0. The summed E-state index contributed by atoms with van der Waals surface area (Å²) in [5, 5.41) is 0. The van der Waals surface area contributed by atoms with E-state index < -0.39 is 0 Å². The maximum absolute atomic E-state index is 12.6. The molecule has 0 radical (unpaired) electrons. The van der Waals surface area contributed by atoms with Crippen LogP contribution in [-0.4, -0.2) is 64.0 Å². The van der Waals surface area contributed by atoms with Crippen LogP contribution in [0.5, 0.6) is 0 Å². The molecule has 6 nitrogen and oxygen atoms in total. The van der Waals surface area contributed by atoms with Crippen molar-refractivity contribution in [2.75, 3.05) is 32.7 Å². The first-order valence-electron chi connectivity index (χ1n) is 8.03. The van der Waals surface area contributed by atoms with Crippen LogP contribution in [0.1, 0.15) is 36.2 Å². The molecule has 2 fully saturated rings. The van der Waals surface area contributed by atoms with Crippen molar-refractivity contribution in [2.24, 2.45) is 5.73 Å². The van der Waals surface area contributed by atoms with Crippen LogP contribution in [0.2, 0.25) is 0 Å². The highest BCUT2D eigenvalue weighted by atomic mass is 16.2. The molecule has 116 valence electrons. The SMILES string of the molecule is NCCn1cnc(C(=O)N2CCCC(N3CCCC3)C2)c1. The fourth-order valence-electron chi connectivity index (χ4n) is 3.45. The largest absolute Gasteiger partial charge is 0.336 e. The third-order valence-corrected chi connectivity index (χ3v) is 4.58. The average Bonchev–Trinajstić information content (AvgIpc) is 3.18. The predicted molar refractivity (Wildman–Crippen MR) is 81.0 cm³/mol. The number of likely N-dealkylation sites (tertiary alicyclic amines) is 2. The van der Waals surface area contributed by atoms with Crippen molar-refractivity contribution >= 4 is 5.91 Å². The van der Waals surface area contributed by atoms with Crippen molar-refractivity contribution < 1.29 is 4.79 Å². The Hall–Kier alpha value is -1.40. The summed E-state index contributed by atoms with van der Waals surface area (Å²) < 4.78 is 1.88. The monoisotopic (exact) mass is 291 g/mol. The number of imidazole rings is 1. The molecule has 0 bridgehead atoms. The van der Waals surface area contributed by atoms with Gasteiger partial charge in [0.1, 0.15) is 5.69 Å². The first-order chi connectivity index (χ1) is 10.3. The van der Waals surface area contributed by atoms with Crippen LogP contribution in [0.15, 0.2) is 12.5 Å². The number of nitrogens with two attached hydrogens (primary N) is 1. The van der Waals surface area contributed by atoms with Gasteiger partial charge in [-0.15, -0.1) is 0 Å². The van der Waals surface area contributed by atoms with Crippen molar-refractivity contribution in [1.29, 1.82) is 0 Å². The van der Waals surface area contributed by atoms with Gasteiger partial charge in [0.2, 0.25) is 0 Å². The molecule has 2 aliphatic heterocycles. The topological polar surface area (TPSA) is 67.4 Å². The molecule has 21 heavy (non-hydrogen) atoms. The van der Waals surface area contributed by atoms with E-state index in [1.54, 1.807) is 6.33 Å². The third kappa shape index (κ3) is 3.27. The Morgan fingerprint density at radius 3 is 2.86 bits per heavy atom. The van der Waals surface area contributed by atoms with Gasteiger partial charge in [0.25, 0.3) is 5.91 Å². The van der Waals surface area contributed by atoms with Gasteiger partial charge < -0.3 is 15.2 Å². The van der Waals surface area contributed by atoms with Crippen molar-refractivity contribution in [2.45, 2.75) is 38.3 Å². The quantitative estimate of drug-likeness (QED) is 0.879. The standard InChI is InChI=1S/C15H25N5O/c16-5-9-18-11-14(17-12-18)15(21)20-8-3-4-13(10-20)19-6-1-2-7-19/h11-13H,1-10,16H2. The minimum Gasteiger partial charge on any atom is -0.336 e. The summed E-state index contributed by atoms with van der Waals surface area (Å²) in [7, 11) is 0. The Bertz CT molecular complexity index is 480. The van der Waals surface area contributed by atoms with E-state index in [9.17, 15) is 4.79 Å². The van der Waals surface area contributed by atoms with Gasteiger partial charge in [0.15, 0.2) is 0 Å². The number of carbonyl (C=O) groups excluding carboxylic acids is 1. The molecule has 0 saturated carbocycles. The number of amides is 1. The summed E-state index contributed by atoms with van der Waals surface area (Å²) in [6, 6.07) is 0.538. The van der Waals surface area contributed by atoms with Crippen LogP contribution in [0.3, 0.4) is 0 Å². The second-order valence-electron chi connectivity index (χ2n) is 6.08. The van der Waals surface area contributed by atoms with Gasteiger partial charge in [-0.3, -0.25) is 9.69 Å². The average molecular weight is 291 g/mol. The molecule has 1 aromatic heterocycles. The van der Waals surface area contributed by atoms with E-state index in [0.717, 1.165) is 19.5 Å². The molecule has 2 aliphatic rings. The number of hydrogen-bond acceptors (Lipinski definition) is 4. The lowest BCUT2D eigenvalue weighted by Gasteiger charge is -2.37. The normalized spacial score (nSPS) is 23.7. The number of hydrogen-bond donors (Lipinski definition) is 1. The zero-order valence-electron chi connectivity index (χ0n) is 12.6. The number of piperidine rings is 1. The van der Waals surface area contributed by atoms with E-state index in [4.69, 9.17) is 5.73 Å². The van der Waals surface area contributed by atoms with Crippen molar-refractivity contribution in [3.8, 4) is 0 Å². The molecule has 0 aromatic carbocycles. The molecule has 1 aromatic rings. The van der Waals surface area contributed by atoms with Gasteiger partial charge in [0.05, 0.1) is 6.33 Å². The van der Waals surface area contributed by atoms with Gasteiger partial charge in [-0.05, 0) is 38.8 Å². The number of carbonyl (C=O) groups is 1. The fraction of sp³-hybridized carbons (Fsp3) is 0.733. The minimum atomic E-state index is 0.0645. The maximum atomic E-state index is 12.6. The Morgan fingerprint density at radius 2 is 2.10 bits per heavy atom. The van der Waals surface area contributed by atoms with Gasteiger partial charge in [0, 0.05) is 38.4 Å². The first kappa shape index (κ1) is 14.5. The van der Waals surface area contributed by atoms with E-state index >= 15 is 0 Å². The summed E-state index contributed by atoms with van der Waals surface area (Å²) in [5.41, 5.74) is 6.07. The summed E-state index contributed by atoms with van der Waals surface area (Å²) in [5.74, 6) is 0.0645. The Morgan fingerprint density at radius 1 is 1.29 bits per heavy atom. The second-order valence-corrected chi connectivity index (χ2v) is 6.08. The summed E-state index contributed by atoms with van der Waals surface area (Å²) in [6.45, 7) is 5.35. The highest BCUT2D eigenvalue weighted by Crippen LogP contribution is 2.21. The van der Waals surface area contributed by atoms with E-state index in [2.05, 4.69) is 9.88 Å². The van der Waals surface area contributed by atoms with Gasteiger partial charge in [-0.25, -0.2) is 4.98 Å². The Balaban J connectivity index is 1.62. The molecular formula is C15H25N5O. The summed E-state index contributed by atoms with van der Waals surface area (Å²) >= 11 is 0. The zero-order chi connectivity index (χ0) is 14.7. The fourth-order valence-corrected chi connectivity index (χ4v) is 3.45. The summed E-state index contributed by atoms with van der Waals surface area (Å²) in [6.07, 6.45) is 8.42. The van der Waals surface area contributed by atoms with Crippen LogP contribution >= 0.6 is 0 Å². The van der Waals surface area contributed by atoms with E-state index in [1.807, 2.05) is 15.7 Å². The molecule has 6 heteroatoms. The molecule has 2 N–H and O–H groups in total. The van der Waals surface area contributed by atoms with Crippen molar-refractivity contribution in [3.05, 3.63) is 18.2 Å². The molecule has 0 aliphatic carbocycles. The molecular weight excluding hydrogens is 266 g/mol. The van der Waals surface area contributed by atoms with Crippen LogP contribution in [0, 0.1) is 0 Å². The predicted octanol–water partition coefficient (Wildman–Crippen LogP) is 0.542. The van der Waals surface area contributed by atoms with Crippen LogP contribution < -0.4 is 5.73 Å². The van der Waals surface area contributed by atoms with Crippen molar-refractivity contribution in [3.63, 3.8) is 0 Å². The number of nitrogens with zero attached hydrogens (tertiary/aromatic N) is 4. The molecule has 2 saturated heterocycles. The third-order valence-electron chi connectivity index (χ3n) is 4.58. The lowest BCUT2D eigenvalue weighted by Crippen LogP contribution is -2.49. The van der Waals surface area contributed by atoms with Gasteiger partial charge in [-0.1, -0.05) is 0 Å². The highest BCUT2D eigenvalue weighted by Gasteiger charge is 2.30. The molecule has 1 atom stereocenters. The van der Waals surface area contributed by atoms with Gasteiger partial charge >= 0.3 is 0 Å². The summed E-state index contributed by atoms with van der Waals surface area (Å²) in [4.78, 5) is 21.3. The highest BCUT2D eigenvalue weighted by molar-refractivity contribution is 5.92. The zero-order valence-corrected chi connectivity index (χ0v) is 12.6. The van der Waals surface area contributed by atoms with Crippen LogP contribution in [0.4, 0.5) is 0 Å². The van der Waals surface area contributed by atoms with E-state index in [0.29, 0.717) is 24.8 Å². The molecule has 3 heterocycles. The smallest absolute Gasteiger partial charge is 0.274 e. The van der Waals surface area contributed by atoms with Gasteiger partial charge in [-0.2, -0.15) is 0 Å². The lowest BCUT2D eigenvalue weighted by molar-refractivity contribution is 0.0602. The van der Waals surface area contributed by atoms with Crippen LogP contribution in [-0.2, 0) is 6.54 Å². The Labute approximate surface area is 125 Å². The van der Waals surface area contributed by atoms with Crippen LogP contribution in [0.25, 0.3) is 0 Å².